The Kier molecular flexibility index (Phi) is 5.77. The lowest BCUT2D eigenvalue weighted by molar-refractivity contribution is 0.229. The molecule has 1 N–H and O–H groups in total. The van der Waals surface area contributed by atoms with Crippen molar-refractivity contribution >= 4 is 8.07 Å². The minimum Gasteiger partial charge on any atom is -0.388 e. The summed E-state index contributed by atoms with van der Waals surface area (Å²) in [5, 5.41) is 9.47. The molecule has 0 saturated heterocycles. The van der Waals surface area contributed by atoms with Crippen LogP contribution in [0.1, 0.15) is 19.8 Å². The zero-order chi connectivity index (χ0) is 10.3. The fourth-order valence-corrected chi connectivity index (χ4v) is 1.57. The Labute approximate surface area is 82.9 Å². The molecular formula is C11H20OSi. The number of hydrogen-bond donors (Lipinski definition) is 1. The minimum atomic E-state index is -1.16. The van der Waals surface area contributed by atoms with Crippen LogP contribution in [0, 0.1) is 11.8 Å². The van der Waals surface area contributed by atoms with Gasteiger partial charge in [-0.25, -0.2) is 0 Å². The van der Waals surface area contributed by atoms with Gasteiger partial charge in [-0.3, -0.25) is 0 Å². The van der Waals surface area contributed by atoms with E-state index in [4.69, 9.17) is 0 Å². The van der Waals surface area contributed by atoms with Crippen LogP contribution >= 0.6 is 0 Å². The van der Waals surface area contributed by atoms with E-state index in [-0.39, 0.29) is 6.10 Å². The van der Waals surface area contributed by atoms with Crippen molar-refractivity contribution in [3.8, 4) is 11.8 Å². The van der Waals surface area contributed by atoms with Gasteiger partial charge in [-0.15, -0.1) is 11.8 Å². The van der Waals surface area contributed by atoms with Gasteiger partial charge < -0.3 is 5.11 Å². The molecule has 0 radical (unpaired) electrons. The van der Waals surface area contributed by atoms with Crippen molar-refractivity contribution in [2.24, 2.45) is 0 Å². The molecule has 1 unspecified atom stereocenters. The highest BCUT2D eigenvalue weighted by Crippen LogP contribution is 2.03. The summed E-state index contributed by atoms with van der Waals surface area (Å²) < 4.78 is 0. The van der Waals surface area contributed by atoms with Crippen LogP contribution in [0.5, 0.6) is 0 Å². The summed E-state index contributed by atoms with van der Waals surface area (Å²) >= 11 is 0. The molecule has 0 heterocycles. The Morgan fingerprint density at radius 1 is 1.31 bits per heavy atom. The lowest BCUT2D eigenvalue weighted by atomic mass is 10.2. The van der Waals surface area contributed by atoms with Gasteiger partial charge in [-0.1, -0.05) is 38.3 Å². The van der Waals surface area contributed by atoms with Crippen LogP contribution < -0.4 is 0 Å². The molecule has 0 aliphatic rings. The number of aliphatic hydroxyl groups excluding tert-OH is 1. The van der Waals surface area contributed by atoms with Crippen molar-refractivity contribution in [1.82, 2.24) is 0 Å². The SMILES string of the molecule is CCC#CCC(O)/C=C/[Si](C)(C)C. The zero-order valence-electron chi connectivity index (χ0n) is 9.09. The van der Waals surface area contributed by atoms with E-state index in [9.17, 15) is 5.11 Å². The molecule has 13 heavy (non-hydrogen) atoms. The number of rotatable bonds is 3. The van der Waals surface area contributed by atoms with Gasteiger partial charge in [0.2, 0.25) is 0 Å². The Balaban J connectivity index is 3.87. The van der Waals surface area contributed by atoms with E-state index >= 15 is 0 Å². The molecule has 0 aromatic rings. The maximum Gasteiger partial charge on any atom is 0.0826 e. The second-order valence-electron chi connectivity index (χ2n) is 4.20. The van der Waals surface area contributed by atoms with Gasteiger partial charge in [-0.2, -0.15) is 0 Å². The number of aliphatic hydroxyl groups is 1. The molecule has 0 spiro atoms. The van der Waals surface area contributed by atoms with E-state index in [0.717, 1.165) is 6.42 Å². The molecule has 1 nitrogen and oxygen atoms in total. The average Bonchev–Trinajstić information content (AvgIpc) is 2.00. The summed E-state index contributed by atoms with van der Waals surface area (Å²) in [5.41, 5.74) is 2.16. The first-order valence-corrected chi connectivity index (χ1v) is 8.36. The molecule has 0 aromatic heterocycles. The summed E-state index contributed by atoms with van der Waals surface area (Å²) in [5.74, 6) is 5.88. The summed E-state index contributed by atoms with van der Waals surface area (Å²) in [6, 6.07) is 0. The molecule has 2 heteroatoms. The molecule has 0 aliphatic carbocycles. The van der Waals surface area contributed by atoms with Gasteiger partial charge in [0.25, 0.3) is 0 Å². The maximum absolute atomic E-state index is 9.47. The molecule has 0 bridgehead atoms. The summed E-state index contributed by atoms with van der Waals surface area (Å²) in [6.07, 6.45) is 2.93. The Hall–Kier alpha value is -0.523. The van der Waals surface area contributed by atoms with E-state index in [1.54, 1.807) is 0 Å². The van der Waals surface area contributed by atoms with Crippen LogP contribution in [0.3, 0.4) is 0 Å². The van der Waals surface area contributed by atoms with Gasteiger partial charge in [0.05, 0.1) is 14.2 Å². The quantitative estimate of drug-likeness (QED) is 0.543. The third kappa shape index (κ3) is 9.39. The second-order valence-corrected chi connectivity index (χ2v) is 9.27. The first kappa shape index (κ1) is 12.5. The van der Waals surface area contributed by atoms with Crippen molar-refractivity contribution in [2.75, 3.05) is 0 Å². The van der Waals surface area contributed by atoms with Crippen LogP contribution in [0.25, 0.3) is 0 Å². The highest BCUT2D eigenvalue weighted by Gasteiger charge is 2.07. The Morgan fingerprint density at radius 3 is 2.38 bits per heavy atom. The first-order chi connectivity index (χ1) is 5.95. The predicted molar refractivity (Wildman–Crippen MR) is 61.2 cm³/mol. The normalized spacial score (nSPS) is 13.9. The topological polar surface area (TPSA) is 20.2 Å². The molecule has 0 rings (SSSR count). The van der Waals surface area contributed by atoms with E-state index in [2.05, 4.69) is 37.2 Å². The van der Waals surface area contributed by atoms with Crippen LogP contribution in [0.4, 0.5) is 0 Å². The standard InChI is InChI=1S/C11H20OSi/c1-5-6-7-8-11(12)9-10-13(2,3)4/h9-12H,5,8H2,1-4H3/b10-9+. The van der Waals surface area contributed by atoms with E-state index < -0.39 is 8.07 Å². The number of hydrogen-bond acceptors (Lipinski definition) is 1. The van der Waals surface area contributed by atoms with Crippen LogP contribution in [0.15, 0.2) is 11.8 Å². The fraction of sp³-hybridized carbons (Fsp3) is 0.636. The molecule has 0 amide bonds. The third-order valence-electron chi connectivity index (χ3n) is 1.43. The van der Waals surface area contributed by atoms with E-state index in [1.165, 1.54) is 0 Å². The summed E-state index contributed by atoms with van der Waals surface area (Å²) in [4.78, 5) is 0. The highest BCUT2D eigenvalue weighted by atomic mass is 28.3. The predicted octanol–water partition coefficient (Wildman–Crippen LogP) is 2.58. The molecule has 0 aliphatic heterocycles. The molecule has 74 valence electrons. The summed E-state index contributed by atoms with van der Waals surface area (Å²) in [7, 11) is -1.16. The van der Waals surface area contributed by atoms with E-state index in [0.29, 0.717) is 6.42 Å². The first-order valence-electron chi connectivity index (χ1n) is 4.79. The monoisotopic (exact) mass is 196 g/mol. The third-order valence-corrected chi connectivity index (χ3v) is 2.62. The average molecular weight is 196 g/mol. The van der Waals surface area contributed by atoms with Crippen LogP contribution in [-0.2, 0) is 0 Å². The lowest BCUT2D eigenvalue weighted by Crippen LogP contribution is -2.17. The smallest absolute Gasteiger partial charge is 0.0826 e. The van der Waals surface area contributed by atoms with E-state index in [1.807, 2.05) is 13.0 Å². The molecule has 0 aromatic carbocycles. The fourth-order valence-electron chi connectivity index (χ4n) is 0.770. The van der Waals surface area contributed by atoms with Crippen molar-refractivity contribution in [3.63, 3.8) is 0 Å². The minimum absolute atomic E-state index is 0.384. The van der Waals surface area contributed by atoms with Crippen LogP contribution in [-0.4, -0.2) is 19.3 Å². The van der Waals surface area contributed by atoms with Gasteiger partial charge in [0, 0.05) is 12.8 Å². The molecule has 0 fully saturated rings. The van der Waals surface area contributed by atoms with Gasteiger partial charge in [0.1, 0.15) is 0 Å². The lowest BCUT2D eigenvalue weighted by Gasteiger charge is -2.09. The Morgan fingerprint density at radius 2 is 1.92 bits per heavy atom. The van der Waals surface area contributed by atoms with Crippen LogP contribution in [0.2, 0.25) is 19.6 Å². The largest absolute Gasteiger partial charge is 0.388 e. The van der Waals surface area contributed by atoms with Gasteiger partial charge in [0.15, 0.2) is 0 Å². The second kappa shape index (κ2) is 6.01. The van der Waals surface area contributed by atoms with Crippen molar-refractivity contribution in [3.05, 3.63) is 11.8 Å². The van der Waals surface area contributed by atoms with Crippen molar-refractivity contribution in [2.45, 2.75) is 45.5 Å². The maximum atomic E-state index is 9.47. The van der Waals surface area contributed by atoms with Crippen molar-refractivity contribution < 1.29 is 5.11 Å². The van der Waals surface area contributed by atoms with Gasteiger partial charge >= 0.3 is 0 Å². The van der Waals surface area contributed by atoms with Crippen molar-refractivity contribution in [1.29, 1.82) is 0 Å². The summed E-state index contributed by atoms with van der Waals surface area (Å²) in [6.45, 7) is 8.74. The molecule has 0 saturated carbocycles. The Bertz CT molecular complexity index is 214. The molecule has 1 atom stereocenters. The molecular weight excluding hydrogens is 176 g/mol. The highest BCUT2D eigenvalue weighted by molar-refractivity contribution is 6.80. The van der Waals surface area contributed by atoms with Gasteiger partial charge in [-0.05, 0) is 0 Å². The zero-order valence-corrected chi connectivity index (χ0v) is 10.1.